The van der Waals surface area contributed by atoms with Gasteiger partial charge < -0.3 is 19.1 Å². The summed E-state index contributed by atoms with van der Waals surface area (Å²) in [4.78, 5) is 40.9. The van der Waals surface area contributed by atoms with Crippen molar-refractivity contribution in [1.29, 1.82) is 0 Å². The number of fused-ring (bicyclic) bond motifs is 4. The summed E-state index contributed by atoms with van der Waals surface area (Å²) < 4.78 is 7.90. The number of amides is 1. The average Bonchev–Trinajstić information content (AvgIpc) is 3.76. The number of hydrogen-bond donors (Lipinski definition) is 0. The SMILES string of the molecule is COc1ncnc(C2CC2)c1-c1ncc2c(n1)N(Cc1ccc3c(c1)CCCn1cc(C)nc1-3)CC(=O)N2C(C)C. The van der Waals surface area contributed by atoms with Crippen LogP contribution in [0, 0.1) is 6.92 Å². The highest BCUT2D eigenvalue weighted by Gasteiger charge is 2.35. The molecule has 3 aromatic heterocycles. The molecule has 1 aromatic carbocycles. The van der Waals surface area contributed by atoms with Gasteiger partial charge in [0.05, 0.1) is 31.2 Å². The number of benzene rings is 1. The number of carbonyl (C=O) groups excluding carboxylic acids is 1. The fourth-order valence-corrected chi connectivity index (χ4v) is 6.21. The molecule has 2 aliphatic heterocycles. The Morgan fingerprint density at radius 3 is 2.76 bits per heavy atom. The van der Waals surface area contributed by atoms with Crippen LogP contribution >= 0.6 is 0 Å². The first-order chi connectivity index (χ1) is 19.9. The summed E-state index contributed by atoms with van der Waals surface area (Å²) in [7, 11) is 1.61. The first-order valence-corrected chi connectivity index (χ1v) is 14.4. The molecule has 10 nitrogen and oxygen atoms in total. The summed E-state index contributed by atoms with van der Waals surface area (Å²) in [6.07, 6.45) is 9.67. The molecule has 5 heterocycles. The second-order valence-electron chi connectivity index (χ2n) is 11.5. The van der Waals surface area contributed by atoms with Gasteiger partial charge in [0.15, 0.2) is 11.6 Å². The van der Waals surface area contributed by atoms with Gasteiger partial charge in [-0.3, -0.25) is 4.79 Å². The normalized spacial score (nSPS) is 16.4. The Morgan fingerprint density at radius 2 is 1.98 bits per heavy atom. The van der Waals surface area contributed by atoms with Crippen LogP contribution in [0.3, 0.4) is 0 Å². The number of aryl methyl sites for hydroxylation is 3. The molecule has 0 bridgehead atoms. The molecule has 0 unspecified atom stereocenters. The molecule has 1 aliphatic carbocycles. The van der Waals surface area contributed by atoms with Gasteiger partial charge in [-0.2, -0.15) is 0 Å². The Labute approximate surface area is 239 Å². The fraction of sp³-hybridized carbons (Fsp3) is 0.419. The van der Waals surface area contributed by atoms with Crippen LogP contribution in [0.15, 0.2) is 36.9 Å². The van der Waals surface area contributed by atoms with Crippen LogP contribution in [0.1, 0.15) is 61.5 Å². The van der Waals surface area contributed by atoms with Crippen molar-refractivity contribution in [3.05, 3.63) is 59.4 Å². The van der Waals surface area contributed by atoms with Crippen molar-refractivity contribution < 1.29 is 9.53 Å². The van der Waals surface area contributed by atoms with E-state index in [0.717, 1.165) is 72.1 Å². The van der Waals surface area contributed by atoms with Gasteiger partial charge in [-0.15, -0.1) is 0 Å². The highest BCUT2D eigenvalue weighted by Crippen LogP contribution is 2.46. The predicted molar refractivity (Wildman–Crippen MR) is 156 cm³/mol. The second kappa shape index (κ2) is 9.94. The zero-order chi connectivity index (χ0) is 28.2. The Morgan fingerprint density at radius 1 is 1.12 bits per heavy atom. The molecule has 3 aliphatic rings. The van der Waals surface area contributed by atoms with E-state index in [1.807, 2.05) is 20.8 Å². The number of imidazole rings is 1. The first-order valence-electron chi connectivity index (χ1n) is 14.4. The van der Waals surface area contributed by atoms with Crippen LogP contribution in [0.4, 0.5) is 11.5 Å². The lowest BCUT2D eigenvalue weighted by Gasteiger charge is -2.38. The highest BCUT2D eigenvalue weighted by atomic mass is 16.5. The summed E-state index contributed by atoms with van der Waals surface area (Å²) in [5.41, 5.74) is 7.04. The van der Waals surface area contributed by atoms with Crippen molar-refractivity contribution in [1.82, 2.24) is 29.5 Å². The Hall–Kier alpha value is -4.34. The van der Waals surface area contributed by atoms with E-state index in [1.165, 1.54) is 11.1 Å². The lowest BCUT2D eigenvalue weighted by molar-refractivity contribution is -0.118. The van der Waals surface area contributed by atoms with Crippen LogP contribution < -0.4 is 14.5 Å². The summed E-state index contributed by atoms with van der Waals surface area (Å²) in [6.45, 7) is 7.83. The van der Waals surface area contributed by atoms with Gasteiger partial charge in [0.1, 0.15) is 23.4 Å². The number of ether oxygens (including phenoxy) is 1. The molecule has 1 saturated carbocycles. The third kappa shape index (κ3) is 4.51. The van der Waals surface area contributed by atoms with Crippen LogP contribution in [-0.4, -0.2) is 55.1 Å². The van der Waals surface area contributed by atoms with Gasteiger partial charge in [0.2, 0.25) is 11.8 Å². The van der Waals surface area contributed by atoms with E-state index in [-0.39, 0.29) is 18.5 Å². The number of rotatable bonds is 6. The van der Waals surface area contributed by atoms with Crippen molar-refractivity contribution in [2.24, 2.45) is 0 Å². The van der Waals surface area contributed by atoms with E-state index in [9.17, 15) is 4.79 Å². The molecular weight excluding hydrogens is 516 g/mol. The van der Waals surface area contributed by atoms with Gasteiger partial charge in [0.25, 0.3) is 0 Å². The second-order valence-corrected chi connectivity index (χ2v) is 11.5. The van der Waals surface area contributed by atoms with Crippen LogP contribution in [0.2, 0.25) is 0 Å². The lowest BCUT2D eigenvalue weighted by atomic mass is 10.00. The molecule has 0 saturated heterocycles. The molecule has 41 heavy (non-hydrogen) atoms. The third-order valence-electron chi connectivity index (χ3n) is 8.17. The molecular formula is C31H34N8O2. The summed E-state index contributed by atoms with van der Waals surface area (Å²) in [5.74, 6) is 3.17. The third-order valence-corrected chi connectivity index (χ3v) is 8.17. The molecule has 0 N–H and O–H groups in total. The Balaban J connectivity index is 1.29. The monoisotopic (exact) mass is 550 g/mol. The standard InChI is InChI=1S/C31H34N8O2/c1-18(2)39-24-13-32-28(26-27(21-8-9-21)33-17-34-31(26)41-4)36-30(24)38(16-25(39)40)15-20-7-10-23-22(12-20)6-5-11-37-14-19(3)35-29(23)37/h7,10,12-14,17-18,21H,5-6,8-9,11,15-16H2,1-4H3. The fourth-order valence-electron chi connectivity index (χ4n) is 6.21. The molecule has 0 spiro atoms. The van der Waals surface area contributed by atoms with Crippen molar-refractivity contribution in [3.8, 4) is 28.7 Å². The number of aromatic nitrogens is 6. The number of anilines is 2. The quantitative estimate of drug-likeness (QED) is 0.341. The van der Waals surface area contributed by atoms with Crippen molar-refractivity contribution in [2.75, 3.05) is 23.5 Å². The summed E-state index contributed by atoms with van der Waals surface area (Å²) in [5, 5.41) is 0. The smallest absolute Gasteiger partial charge is 0.246 e. The maximum absolute atomic E-state index is 13.4. The zero-order valence-electron chi connectivity index (χ0n) is 24.0. The van der Waals surface area contributed by atoms with E-state index in [4.69, 9.17) is 19.7 Å². The van der Waals surface area contributed by atoms with E-state index in [2.05, 4.69) is 43.8 Å². The maximum atomic E-state index is 13.4. The molecule has 10 heteroatoms. The van der Waals surface area contributed by atoms with Crippen molar-refractivity contribution in [3.63, 3.8) is 0 Å². The summed E-state index contributed by atoms with van der Waals surface area (Å²) in [6, 6.07) is 6.59. The molecule has 1 fully saturated rings. The van der Waals surface area contributed by atoms with Crippen LogP contribution in [0.25, 0.3) is 22.8 Å². The minimum absolute atomic E-state index is 0.0193. The number of nitrogens with zero attached hydrogens (tertiary/aromatic N) is 8. The average molecular weight is 551 g/mol. The molecule has 4 aromatic rings. The van der Waals surface area contributed by atoms with E-state index in [1.54, 1.807) is 24.5 Å². The number of methoxy groups -OCH3 is 1. The van der Waals surface area contributed by atoms with E-state index < -0.39 is 0 Å². The van der Waals surface area contributed by atoms with Crippen LogP contribution in [0.5, 0.6) is 5.88 Å². The van der Waals surface area contributed by atoms with Gasteiger partial charge in [-0.1, -0.05) is 18.2 Å². The van der Waals surface area contributed by atoms with Crippen molar-refractivity contribution >= 4 is 17.4 Å². The predicted octanol–water partition coefficient (Wildman–Crippen LogP) is 4.70. The molecule has 210 valence electrons. The Kier molecular flexibility index (Phi) is 6.21. The maximum Gasteiger partial charge on any atom is 0.246 e. The first kappa shape index (κ1) is 25.6. The number of carbonyl (C=O) groups is 1. The minimum atomic E-state index is -0.0193. The minimum Gasteiger partial charge on any atom is -0.480 e. The number of hydrogen-bond acceptors (Lipinski definition) is 8. The van der Waals surface area contributed by atoms with Gasteiger partial charge in [-0.25, -0.2) is 24.9 Å². The molecule has 1 amide bonds. The van der Waals surface area contributed by atoms with E-state index >= 15 is 0 Å². The molecule has 0 radical (unpaired) electrons. The van der Waals surface area contributed by atoms with Crippen molar-refractivity contribution in [2.45, 2.75) is 71.5 Å². The van der Waals surface area contributed by atoms with Gasteiger partial charge in [0, 0.05) is 36.8 Å². The largest absolute Gasteiger partial charge is 0.480 e. The Bertz CT molecular complexity index is 1660. The lowest BCUT2D eigenvalue weighted by Crippen LogP contribution is -2.49. The van der Waals surface area contributed by atoms with Crippen LogP contribution in [-0.2, 0) is 24.3 Å². The molecule has 0 atom stereocenters. The zero-order valence-corrected chi connectivity index (χ0v) is 24.0. The molecule has 7 rings (SSSR count). The highest BCUT2D eigenvalue weighted by molar-refractivity contribution is 6.02. The van der Waals surface area contributed by atoms with Gasteiger partial charge >= 0.3 is 0 Å². The topological polar surface area (TPSA) is 102 Å². The summed E-state index contributed by atoms with van der Waals surface area (Å²) >= 11 is 0. The van der Waals surface area contributed by atoms with Gasteiger partial charge in [-0.05, 0) is 57.6 Å². The van der Waals surface area contributed by atoms with E-state index in [0.29, 0.717) is 24.2 Å².